The number of halogens is 5. The molecule has 112 valence electrons. The number of hydrogen-bond donors (Lipinski definition) is 1. The molecule has 0 saturated heterocycles. The summed E-state index contributed by atoms with van der Waals surface area (Å²) in [5.74, 6) is -14.5. The molecule has 0 spiro atoms. The molecule has 1 aromatic rings. The summed E-state index contributed by atoms with van der Waals surface area (Å²) in [7, 11) is 0. The van der Waals surface area contributed by atoms with Crippen LogP contribution in [0.3, 0.4) is 0 Å². The second-order valence-electron chi connectivity index (χ2n) is 4.23. The highest BCUT2D eigenvalue weighted by molar-refractivity contribution is 5.78. The Balaban J connectivity index is 3.14. The molecule has 0 radical (unpaired) electrons. The molecular weight excluding hydrogens is 285 g/mol. The summed E-state index contributed by atoms with van der Waals surface area (Å²) in [6, 6.07) is -1.24. The molecule has 1 aromatic carbocycles. The van der Waals surface area contributed by atoms with Crippen molar-refractivity contribution in [1.29, 1.82) is 0 Å². The predicted molar refractivity (Wildman–Crippen MR) is 59.3 cm³/mol. The second-order valence-corrected chi connectivity index (χ2v) is 4.23. The Morgan fingerprint density at radius 1 is 1.05 bits per heavy atom. The van der Waals surface area contributed by atoms with Crippen LogP contribution >= 0.6 is 0 Å². The zero-order chi connectivity index (χ0) is 15.6. The Morgan fingerprint density at radius 2 is 1.45 bits per heavy atom. The normalized spacial score (nSPS) is 14.0. The Morgan fingerprint density at radius 3 is 1.85 bits per heavy atom. The largest absolute Gasteiger partial charge is 0.419 e. The van der Waals surface area contributed by atoms with Crippen LogP contribution in [0.1, 0.15) is 20.3 Å². The third-order valence-electron chi connectivity index (χ3n) is 2.90. The lowest BCUT2D eigenvalue weighted by Crippen LogP contribution is -2.40. The molecule has 0 fully saturated rings. The third-order valence-corrected chi connectivity index (χ3v) is 2.90. The van der Waals surface area contributed by atoms with Crippen LogP contribution in [0.5, 0.6) is 5.75 Å². The Bertz CT molecular complexity index is 506. The quantitative estimate of drug-likeness (QED) is 0.306. The first-order chi connectivity index (χ1) is 9.22. The lowest BCUT2D eigenvalue weighted by Gasteiger charge is -2.17. The van der Waals surface area contributed by atoms with Gasteiger partial charge in [0.05, 0.1) is 0 Å². The average molecular weight is 297 g/mol. The topological polar surface area (TPSA) is 52.3 Å². The summed E-state index contributed by atoms with van der Waals surface area (Å²) in [5.41, 5.74) is 5.44. The number of carbonyl (C=O) groups excluding carboxylic acids is 1. The van der Waals surface area contributed by atoms with Crippen LogP contribution in [0, 0.1) is 35.0 Å². The van der Waals surface area contributed by atoms with Gasteiger partial charge in [-0.2, -0.15) is 8.78 Å². The highest BCUT2D eigenvalue weighted by atomic mass is 19.2. The van der Waals surface area contributed by atoms with E-state index in [9.17, 15) is 26.7 Å². The maximum absolute atomic E-state index is 13.3. The summed E-state index contributed by atoms with van der Waals surface area (Å²) in [6.07, 6.45) is 0.466. The van der Waals surface area contributed by atoms with E-state index in [1.54, 1.807) is 13.8 Å². The van der Waals surface area contributed by atoms with Gasteiger partial charge in [0.25, 0.3) is 0 Å². The lowest BCUT2D eigenvalue weighted by atomic mass is 10.0. The van der Waals surface area contributed by atoms with Crippen molar-refractivity contribution in [1.82, 2.24) is 0 Å². The maximum atomic E-state index is 13.3. The molecule has 0 amide bonds. The molecule has 2 N–H and O–H groups in total. The smallest absolute Gasteiger partial charge is 0.328 e. The highest BCUT2D eigenvalue weighted by Crippen LogP contribution is 2.29. The first kappa shape index (κ1) is 16.4. The van der Waals surface area contributed by atoms with Gasteiger partial charge in [0, 0.05) is 0 Å². The molecular formula is C12H12F5NO2. The molecule has 0 aliphatic carbocycles. The molecule has 2 atom stereocenters. The second kappa shape index (κ2) is 6.17. The van der Waals surface area contributed by atoms with E-state index in [-0.39, 0.29) is 5.92 Å². The molecule has 0 aliphatic heterocycles. The molecule has 0 aromatic heterocycles. The third kappa shape index (κ3) is 2.90. The van der Waals surface area contributed by atoms with E-state index in [2.05, 4.69) is 4.74 Å². The Labute approximate surface area is 111 Å². The summed E-state index contributed by atoms with van der Waals surface area (Å²) >= 11 is 0. The number of ether oxygens (including phenoxy) is 1. The predicted octanol–water partition coefficient (Wildman–Crippen LogP) is 2.66. The number of esters is 1. The van der Waals surface area contributed by atoms with Gasteiger partial charge in [-0.05, 0) is 5.92 Å². The summed E-state index contributed by atoms with van der Waals surface area (Å²) in [4.78, 5) is 11.5. The van der Waals surface area contributed by atoms with E-state index in [0.29, 0.717) is 6.42 Å². The summed E-state index contributed by atoms with van der Waals surface area (Å²) < 4.78 is 69.3. The van der Waals surface area contributed by atoms with Crippen molar-refractivity contribution in [3.63, 3.8) is 0 Å². The standard InChI is InChI=1S/C12H12F5NO2/c1-3-4(2)10(18)12(19)20-11-8(16)6(14)5(13)7(15)9(11)17/h4,10H,3,18H2,1-2H3/t4-,10-/m0/s1. The number of hydrogen-bond acceptors (Lipinski definition) is 3. The highest BCUT2D eigenvalue weighted by Gasteiger charge is 2.30. The zero-order valence-electron chi connectivity index (χ0n) is 10.6. The average Bonchev–Trinajstić information content (AvgIpc) is 2.45. The molecule has 20 heavy (non-hydrogen) atoms. The van der Waals surface area contributed by atoms with Crippen LogP contribution in [0.2, 0.25) is 0 Å². The monoisotopic (exact) mass is 297 g/mol. The van der Waals surface area contributed by atoms with Crippen molar-refractivity contribution in [2.75, 3.05) is 0 Å². The van der Waals surface area contributed by atoms with Crippen molar-refractivity contribution in [2.45, 2.75) is 26.3 Å². The first-order valence-corrected chi connectivity index (χ1v) is 5.71. The molecule has 0 saturated carbocycles. The van der Waals surface area contributed by atoms with Gasteiger partial charge in [-0.25, -0.2) is 18.0 Å². The number of nitrogens with two attached hydrogens (primary N) is 1. The molecule has 3 nitrogen and oxygen atoms in total. The first-order valence-electron chi connectivity index (χ1n) is 5.71. The minimum Gasteiger partial charge on any atom is -0.419 e. The van der Waals surface area contributed by atoms with E-state index >= 15 is 0 Å². The molecule has 8 heteroatoms. The lowest BCUT2D eigenvalue weighted by molar-refractivity contribution is -0.137. The van der Waals surface area contributed by atoms with Gasteiger partial charge in [0.2, 0.25) is 34.8 Å². The van der Waals surface area contributed by atoms with E-state index < -0.39 is 46.8 Å². The van der Waals surface area contributed by atoms with Crippen LogP contribution in [-0.4, -0.2) is 12.0 Å². The van der Waals surface area contributed by atoms with Crippen LogP contribution < -0.4 is 10.5 Å². The molecule has 0 heterocycles. The SMILES string of the molecule is CC[C@H](C)[C@H](N)C(=O)Oc1c(F)c(F)c(F)c(F)c1F. The molecule has 0 aliphatic rings. The van der Waals surface area contributed by atoms with Gasteiger partial charge in [-0.1, -0.05) is 20.3 Å². The number of benzene rings is 1. The number of carbonyl (C=O) groups is 1. The summed E-state index contributed by atoms with van der Waals surface area (Å²) in [6.45, 7) is 3.28. The van der Waals surface area contributed by atoms with E-state index in [0.717, 1.165) is 0 Å². The molecule has 0 unspecified atom stereocenters. The Hall–Kier alpha value is -1.70. The van der Waals surface area contributed by atoms with Crippen molar-refractivity contribution < 1.29 is 31.5 Å². The van der Waals surface area contributed by atoms with Gasteiger partial charge in [0.1, 0.15) is 6.04 Å². The van der Waals surface area contributed by atoms with Crippen molar-refractivity contribution in [3.05, 3.63) is 29.1 Å². The fraction of sp³-hybridized carbons (Fsp3) is 0.417. The Kier molecular flexibility index (Phi) is 5.04. The number of rotatable bonds is 4. The fourth-order valence-corrected chi connectivity index (χ4v) is 1.33. The molecule has 1 rings (SSSR count). The minimum absolute atomic E-state index is 0.385. The van der Waals surface area contributed by atoms with Crippen LogP contribution in [0.15, 0.2) is 0 Å². The van der Waals surface area contributed by atoms with Gasteiger partial charge in [-0.15, -0.1) is 0 Å². The molecule has 0 bridgehead atoms. The van der Waals surface area contributed by atoms with E-state index in [1.807, 2.05) is 0 Å². The van der Waals surface area contributed by atoms with Gasteiger partial charge in [-0.3, -0.25) is 0 Å². The van der Waals surface area contributed by atoms with Crippen molar-refractivity contribution >= 4 is 5.97 Å². The van der Waals surface area contributed by atoms with Crippen molar-refractivity contribution in [2.24, 2.45) is 11.7 Å². The van der Waals surface area contributed by atoms with Gasteiger partial charge < -0.3 is 10.5 Å². The zero-order valence-corrected chi connectivity index (χ0v) is 10.6. The minimum atomic E-state index is -2.33. The van der Waals surface area contributed by atoms with E-state index in [1.165, 1.54) is 0 Å². The van der Waals surface area contributed by atoms with Crippen LogP contribution in [0.25, 0.3) is 0 Å². The summed E-state index contributed by atoms with van der Waals surface area (Å²) in [5, 5.41) is 0. The van der Waals surface area contributed by atoms with Crippen LogP contribution in [0.4, 0.5) is 22.0 Å². The maximum Gasteiger partial charge on any atom is 0.328 e. The van der Waals surface area contributed by atoms with Crippen molar-refractivity contribution in [3.8, 4) is 5.75 Å². The van der Waals surface area contributed by atoms with E-state index in [4.69, 9.17) is 5.73 Å². The van der Waals surface area contributed by atoms with Crippen LogP contribution in [-0.2, 0) is 4.79 Å². The van der Waals surface area contributed by atoms with Gasteiger partial charge >= 0.3 is 5.97 Å². The van der Waals surface area contributed by atoms with Gasteiger partial charge in [0.15, 0.2) is 0 Å². The fourth-order valence-electron chi connectivity index (χ4n) is 1.33.